The number of para-hydroxylation sites is 2. The van der Waals surface area contributed by atoms with Gasteiger partial charge in [0.2, 0.25) is 0 Å². The highest BCUT2D eigenvalue weighted by Gasteiger charge is 2.18. The van der Waals surface area contributed by atoms with Crippen molar-refractivity contribution in [3.8, 4) is 6.07 Å². The highest BCUT2D eigenvalue weighted by molar-refractivity contribution is 7.12. The number of piperidine rings is 1. The minimum absolute atomic E-state index is 0.181. The van der Waals surface area contributed by atoms with Gasteiger partial charge in [0.25, 0.3) is 5.91 Å². The summed E-state index contributed by atoms with van der Waals surface area (Å²) in [6.07, 6.45) is 2.18. The van der Waals surface area contributed by atoms with Crippen molar-refractivity contribution in [2.45, 2.75) is 18.9 Å². The predicted octanol–water partition coefficient (Wildman–Crippen LogP) is 3.38. The molecule has 2 aromatic rings. The van der Waals surface area contributed by atoms with E-state index in [2.05, 4.69) is 22.6 Å². The van der Waals surface area contributed by atoms with Gasteiger partial charge >= 0.3 is 0 Å². The summed E-state index contributed by atoms with van der Waals surface area (Å²) in [6, 6.07) is 11.8. The van der Waals surface area contributed by atoms with Crippen LogP contribution in [-0.2, 0) is 0 Å². The maximum atomic E-state index is 12.4. The number of anilines is 2. The molecule has 0 unspecified atom stereocenters. The fraction of sp³-hybridized carbons (Fsp3) is 0.333. The van der Waals surface area contributed by atoms with Crippen molar-refractivity contribution in [2.24, 2.45) is 0 Å². The lowest BCUT2D eigenvalue weighted by atomic mass is 10.0. The Balaban J connectivity index is 1.69. The molecule has 1 amide bonds. The third-order valence-electron chi connectivity index (χ3n) is 4.21. The number of benzene rings is 1. The Morgan fingerprint density at radius 3 is 2.67 bits per heavy atom. The molecule has 3 rings (SSSR count). The van der Waals surface area contributed by atoms with Crippen LogP contribution in [0.15, 0.2) is 35.7 Å². The molecular weight excluding hydrogens is 320 g/mol. The van der Waals surface area contributed by atoms with Gasteiger partial charge in [-0.1, -0.05) is 12.1 Å². The van der Waals surface area contributed by atoms with E-state index >= 15 is 0 Å². The number of nitrogens with one attached hydrogen (secondary N) is 2. The number of carbonyl (C=O) groups is 1. The number of nitriles is 1. The zero-order valence-corrected chi connectivity index (χ0v) is 14.4. The molecule has 0 saturated carbocycles. The van der Waals surface area contributed by atoms with E-state index in [1.54, 1.807) is 11.4 Å². The molecule has 1 aliphatic rings. The molecule has 1 aromatic heterocycles. The minimum Gasteiger partial charge on any atom is -0.381 e. The lowest BCUT2D eigenvalue weighted by Gasteiger charge is -2.30. The number of rotatable bonds is 4. The van der Waals surface area contributed by atoms with Crippen molar-refractivity contribution in [3.63, 3.8) is 0 Å². The van der Waals surface area contributed by atoms with Gasteiger partial charge in [0.05, 0.1) is 21.8 Å². The van der Waals surface area contributed by atoms with Gasteiger partial charge in [0, 0.05) is 11.4 Å². The predicted molar refractivity (Wildman–Crippen MR) is 97.6 cm³/mol. The maximum absolute atomic E-state index is 12.4. The van der Waals surface area contributed by atoms with Crippen molar-refractivity contribution >= 4 is 28.6 Å². The normalized spacial score (nSPS) is 15.7. The molecule has 0 aliphatic carbocycles. The summed E-state index contributed by atoms with van der Waals surface area (Å²) < 4.78 is 0. The Kier molecular flexibility index (Phi) is 5.14. The van der Waals surface area contributed by atoms with Gasteiger partial charge in [-0.05, 0) is 51.2 Å². The number of thiophene rings is 1. The zero-order chi connectivity index (χ0) is 16.9. The van der Waals surface area contributed by atoms with Crippen molar-refractivity contribution in [1.29, 1.82) is 5.26 Å². The molecule has 124 valence electrons. The van der Waals surface area contributed by atoms with Crippen LogP contribution in [0.25, 0.3) is 0 Å². The van der Waals surface area contributed by atoms with Crippen LogP contribution in [0, 0.1) is 11.3 Å². The van der Waals surface area contributed by atoms with Crippen molar-refractivity contribution in [3.05, 3.63) is 46.2 Å². The number of carbonyl (C=O) groups excluding carboxylic acids is 1. The number of hydrogen-bond acceptors (Lipinski definition) is 5. The summed E-state index contributed by atoms with van der Waals surface area (Å²) in [7, 11) is 2.14. The van der Waals surface area contributed by atoms with E-state index in [1.165, 1.54) is 11.3 Å². The SMILES string of the molecule is CN1CCC(Nc2ccccc2NC(=O)c2cc(C#N)cs2)CC1. The van der Waals surface area contributed by atoms with E-state index < -0.39 is 0 Å². The van der Waals surface area contributed by atoms with E-state index in [0.717, 1.165) is 37.3 Å². The Hall–Kier alpha value is -2.36. The van der Waals surface area contributed by atoms with Crippen LogP contribution in [0.3, 0.4) is 0 Å². The van der Waals surface area contributed by atoms with Gasteiger partial charge in [-0.2, -0.15) is 5.26 Å². The van der Waals surface area contributed by atoms with Crippen molar-refractivity contribution in [2.75, 3.05) is 30.8 Å². The second kappa shape index (κ2) is 7.47. The second-order valence-electron chi connectivity index (χ2n) is 6.03. The van der Waals surface area contributed by atoms with E-state index in [-0.39, 0.29) is 5.91 Å². The molecule has 5 nitrogen and oxygen atoms in total. The average Bonchev–Trinajstić information content (AvgIpc) is 3.08. The molecule has 1 aromatic carbocycles. The molecule has 1 saturated heterocycles. The summed E-state index contributed by atoms with van der Waals surface area (Å²) in [5.41, 5.74) is 2.23. The van der Waals surface area contributed by atoms with E-state index in [4.69, 9.17) is 5.26 Å². The molecular formula is C18H20N4OS. The number of hydrogen-bond donors (Lipinski definition) is 2. The number of likely N-dealkylation sites (tertiary alicyclic amines) is 1. The Labute approximate surface area is 145 Å². The molecule has 1 fully saturated rings. The quantitative estimate of drug-likeness (QED) is 0.895. The molecule has 0 spiro atoms. The molecule has 2 heterocycles. The van der Waals surface area contributed by atoms with E-state index in [1.807, 2.05) is 30.3 Å². The van der Waals surface area contributed by atoms with Crippen LogP contribution in [0.4, 0.5) is 11.4 Å². The van der Waals surface area contributed by atoms with Gasteiger partial charge in [0.1, 0.15) is 6.07 Å². The summed E-state index contributed by atoms with van der Waals surface area (Å²) in [5.74, 6) is -0.181. The van der Waals surface area contributed by atoms with E-state index in [9.17, 15) is 4.79 Å². The third kappa shape index (κ3) is 3.94. The Morgan fingerprint density at radius 1 is 1.29 bits per heavy atom. The average molecular weight is 340 g/mol. The van der Waals surface area contributed by atoms with Gasteiger partial charge in [0.15, 0.2) is 0 Å². The van der Waals surface area contributed by atoms with E-state index in [0.29, 0.717) is 16.5 Å². The maximum Gasteiger partial charge on any atom is 0.265 e. The van der Waals surface area contributed by atoms with Crippen LogP contribution in [0.1, 0.15) is 28.1 Å². The first-order valence-electron chi connectivity index (χ1n) is 8.00. The molecule has 1 aliphatic heterocycles. The third-order valence-corrected chi connectivity index (χ3v) is 5.13. The summed E-state index contributed by atoms with van der Waals surface area (Å²) in [6.45, 7) is 2.16. The molecule has 6 heteroatoms. The fourth-order valence-electron chi connectivity index (χ4n) is 2.79. The number of nitrogens with zero attached hydrogens (tertiary/aromatic N) is 2. The van der Waals surface area contributed by atoms with Crippen LogP contribution in [0.2, 0.25) is 0 Å². The first-order valence-corrected chi connectivity index (χ1v) is 8.88. The number of amides is 1. The van der Waals surface area contributed by atoms with Crippen LogP contribution < -0.4 is 10.6 Å². The molecule has 0 radical (unpaired) electrons. The molecule has 0 atom stereocenters. The summed E-state index contributed by atoms with van der Waals surface area (Å²) in [5, 5.41) is 17.1. The lowest BCUT2D eigenvalue weighted by Crippen LogP contribution is -2.36. The standard InChI is InChI=1S/C18H20N4OS/c1-22-8-6-14(7-9-22)20-15-4-2-3-5-16(15)21-18(23)17-10-13(11-19)12-24-17/h2-5,10,12,14,20H,6-9H2,1H3,(H,21,23). The zero-order valence-electron chi connectivity index (χ0n) is 13.6. The topological polar surface area (TPSA) is 68.2 Å². The minimum atomic E-state index is -0.181. The van der Waals surface area contributed by atoms with Crippen LogP contribution >= 0.6 is 11.3 Å². The monoisotopic (exact) mass is 340 g/mol. The van der Waals surface area contributed by atoms with Gasteiger partial charge < -0.3 is 15.5 Å². The van der Waals surface area contributed by atoms with Crippen LogP contribution in [0.5, 0.6) is 0 Å². The van der Waals surface area contributed by atoms with Crippen molar-refractivity contribution < 1.29 is 4.79 Å². The highest BCUT2D eigenvalue weighted by atomic mass is 32.1. The first kappa shape index (κ1) is 16.5. The largest absolute Gasteiger partial charge is 0.381 e. The summed E-state index contributed by atoms with van der Waals surface area (Å²) in [4.78, 5) is 15.3. The first-order chi connectivity index (χ1) is 11.7. The highest BCUT2D eigenvalue weighted by Crippen LogP contribution is 2.25. The second-order valence-corrected chi connectivity index (χ2v) is 6.94. The van der Waals surface area contributed by atoms with Gasteiger partial charge in [-0.15, -0.1) is 11.3 Å². The Bertz CT molecular complexity index is 756. The van der Waals surface area contributed by atoms with Crippen molar-refractivity contribution in [1.82, 2.24) is 4.90 Å². The van der Waals surface area contributed by atoms with Gasteiger partial charge in [-0.25, -0.2) is 0 Å². The fourth-order valence-corrected chi connectivity index (χ4v) is 3.52. The van der Waals surface area contributed by atoms with Crippen LogP contribution in [-0.4, -0.2) is 37.0 Å². The molecule has 2 N–H and O–H groups in total. The smallest absolute Gasteiger partial charge is 0.265 e. The molecule has 0 bridgehead atoms. The van der Waals surface area contributed by atoms with Gasteiger partial charge in [-0.3, -0.25) is 4.79 Å². The Morgan fingerprint density at radius 2 is 2.00 bits per heavy atom. The molecule has 24 heavy (non-hydrogen) atoms. The summed E-state index contributed by atoms with van der Waals surface area (Å²) >= 11 is 1.28. The lowest BCUT2D eigenvalue weighted by molar-refractivity contribution is 0.103.